The van der Waals surface area contributed by atoms with Crippen LogP contribution in [0, 0.1) is 0 Å². The predicted octanol–water partition coefficient (Wildman–Crippen LogP) is 2.78. The van der Waals surface area contributed by atoms with Crippen LogP contribution in [0.15, 0.2) is 12.2 Å². The quantitative estimate of drug-likeness (QED) is 0.471. The highest BCUT2D eigenvalue weighted by Gasteiger charge is 2.00. The van der Waals surface area contributed by atoms with Crippen LogP contribution in [0.25, 0.3) is 0 Å². The number of allylic oxidation sites excluding steroid dienone is 2. The van der Waals surface area contributed by atoms with Gasteiger partial charge in [0.2, 0.25) is 0 Å². The molecule has 0 aliphatic carbocycles. The standard InChI is InChI=1S/C6H11.BrH.Mg/c1-3-5-6-4-2;;/h3,5-6H,4H2,1-2H3;1H;/q;;+1/p-1. The monoisotopic (exact) mass is 186 g/mol. The third kappa shape index (κ3) is 3.93. The zero-order valence-corrected chi connectivity index (χ0v) is 8.52. The van der Waals surface area contributed by atoms with Gasteiger partial charge in [-0.25, -0.2) is 0 Å². The van der Waals surface area contributed by atoms with Crippen molar-refractivity contribution >= 4 is 31.1 Å². The maximum absolute atomic E-state index is 3.56. The van der Waals surface area contributed by atoms with Crippen LogP contribution in [0.5, 0.6) is 0 Å². The molecular weight excluding hydrogens is 176 g/mol. The fraction of sp³-hybridized carbons (Fsp3) is 0.667. The Morgan fingerprint density at radius 3 is 2.50 bits per heavy atom. The Kier molecular flexibility index (Phi) is 6.86. The van der Waals surface area contributed by atoms with Crippen LogP contribution in [-0.4, -0.2) is 18.2 Å². The first-order valence-electron chi connectivity index (χ1n) is 3.03. The average molecular weight is 187 g/mol. The summed E-state index contributed by atoms with van der Waals surface area (Å²) in [6, 6.07) is 0. The average Bonchev–Trinajstić information content (AvgIpc) is 1.83. The van der Waals surface area contributed by atoms with E-state index >= 15 is 0 Å². The van der Waals surface area contributed by atoms with Gasteiger partial charge in [0.25, 0.3) is 0 Å². The minimum Gasteiger partial charge on any atom is -0.306 e. The van der Waals surface area contributed by atoms with Crippen molar-refractivity contribution in [1.29, 1.82) is 0 Å². The molecule has 8 heavy (non-hydrogen) atoms. The van der Waals surface area contributed by atoms with Crippen LogP contribution in [-0.2, 0) is 0 Å². The molecule has 1 unspecified atom stereocenters. The highest BCUT2D eigenvalue weighted by Crippen LogP contribution is 2.11. The molecule has 0 bridgehead atoms. The lowest BCUT2D eigenvalue weighted by Crippen LogP contribution is -1.89. The molecule has 0 fully saturated rings. The van der Waals surface area contributed by atoms with E-state index < -0.39 is 0 Å². The summed E-state index contributed by atoms with van der Waals surface area (Å²) in [5.74, 6) is 0. The normalized spacial score (nSPS) is 13.9. The Bertz CT molecular complexity index is 66.9. The van der Waals surface area contributed by atoms with E-state index in [1.165, 1.54) is 6.42 Å². The molecule has 2 heteroatoms. The summed E-state index contributed by atoms with van der Waals surface area (Å²) < 4.78 is 0.875. The van der Waals surface area contributed by atoms with Crippen molar-refractivity contribution in [2.75, 3.05) is 0 Å². The van der Waals surface area contributed by atoms with E-state index in [1.807, 2.05) is 0 Å². The van der Waals surface area contributed by atoms with Gasteiger partial charge in [0.1, 0.15) is 0 Å². The fourth-order valence-corrected chi connectivity index (χ4v) is 3.18. The van der Waals surface area contributed by atoms with E-state index in [9.17, 15) is 0 Å². The number of hydrogen-bond acceptors (Lipinski definition) is 0. The molecule has 0 N–H and O–H groups in total. The molecule has 0 saturated heterocycles. The molecule has 0 nitrogen and oxygen atoms in total. The Balaban J connectivity index is 3.36. The van der Waals surface area contributed by atoms with Gasteiger partial charge in [-0.05, 0) is 6.92 Å². The largest absolute Gasteiger partial charge is 0.475 e. The Hall–Kier alpha value is 0.986. The van der Waals surface area contributed by atoms with Gasteiger partial charge in [-0.2, -0.15) is 0 Å². The second kappa shape index (κ2) is 6.11. The molecule has 0 amide bonds. The molecule has 0 aliphatic rings. The number of hydrogen-bond donors (Lipinski definition) is 0. The van der Waals surface area contributed by atoms with E-state index in [2.05, 4.69) is 38.9 Å². The molecule has 0 aromatic heterocycles. The van der Waals surface area contributed by atoms with Gasteiger partial charge in [-0.1, -0.05) is 23.5 Å². The molecule has 0 aliphatic heterocycles. The molecule has 0 rings (SSSR count). The molecule has 1 atom stereocenters. The Labute approximate surface area is 67.3 Å². The van der Waals surface area contributed by atoms with Gasteiger partial charge in [0.05, 0.1) is 0 Å². The molecule has 0 saturated carbocycles. The minimum atomic E-state index is 0.0427. The second-order valence-electron chi connectivity index (χ2n) is 1.85. The van der Waals surface area contributed by atoms with Crippen LogP contribution >= 0.6 is 12.9 Å². The van der Waals surface area contributed by atoms with Gasteiger partial charge in [-0.3, -0.25) is 0 Å². The first-order chi connectivity index (χ1) is 3.85. The summed E-state index contributed by atoms with van der Waals surface area (Å²) in [7, 11) is 0. The summed E-state index contributed by atoms with van der Waals surface area (Å²) in [5.41, 5.74) is 0. The zero-order valence-electron chi connectivity index (χ0n) is 5.52. The van der Waals surface area contributed by atoms with Crippen LogP contribution < -0.4 is 0 Å². The summed E-state index contributed by atoms with van der Waals surface area (Å²) in [5, 5.41) is 0. The van der Waals surface area contributed by atoms with Crippen molar-refractivity contribution < 1.29 is 0 Å². The third-order valence-electron chi connectivity index (χ3n) is 1.19. The van der Waals surface area contributed by atoms with Gasteiger partial charge in [-0.15, -0.1) is 6.08 Å². The molecule has 0 spiro atoms. The summed E-state index contributed by atoms with van der Waals surface area (Å²) in [6.07, 6.45) is 5.73. The molecule has 0 radical (unpaired) electrons. The molecule has 0 aromatic carbocycles. The highest BCUT2D eigenvalue weighted by atomic mass is 79.9. The lowest BCUT2D eigenvalue weighted by molar-refractivity contribution is 0.949. The zero-order chi connectivity index (χ0) is 6.41. The summed E-state index contributed by atoms with van der Waals surface area (Å²) >= 11 is 3.61. The summed E-state index contributed by atoms with van der Waals surface area (Å²) in [6.45, 7) is 4.32. The van der Waals surface area contributed by atoms with Gasteiger partial charge in [0.15, 0.2) is 0 Å². The maximum atomic E-state index is 3.56. The van der Waals surface area contributed by atoms with Gasteiger partial charge in [0, 0.05) is 0 Å². The molecule has 0 heterocycles. The van der Waals surface area contributed by atoms with Crippen LogP contribution in [0.2, 0.25) is 4.05 Å². The van der Waals surface area contributed by atoms with Crippen LogP contribution in [0.4, 0.5) is 0 Å². The van der Waals surface area contributed by atoms with Crippen molar-refractivity contribution in [2.45, 2.75) is 24.3 Å². The van der Waals surface area contributed by atoms with Gasteiger partial charge >= 0.3 is 18.2 Å². The van der Waals surface area contributed by atoms with Gasteiger partial charge < -0.3 is 12.9 Å². The van der Waals surface area contributed by atoms with Crippen molar-refractivity contribution in [3.8, 4) is 0 Å². The first kappa shape index (κ1) is 8.99. The van der Waals surface area contributed by atoms with E-state index in [4.69, 9.17) is 0 Å². The van der Waals surface area contributed by atoms with Crippen LogP contribution in [0.1, 0.15) is 20.3 Å². The molecule has 44 valence electrons. The van der Waals surface area contributed by atoms with Crippen molar-refractivity contribution in [1.82, 2.24) is 0 Å². The highest BCUT2D eigenvalue weighted by molar-refractivity contribution is 9.23. The SMILES string of the molecule is CC=C[CH](CC)[Mg][Br]. The Morgan fingerprint density at radius 1 is 1.75 bits per heavy atom. The van der Waals surface area contributed by atoms with E-state index in [1.54, 1.807) is 0 Å². The summed E-state index contributed by atoms with van der Waals surface area (Å²) in [4.78, 5) is 0. The first-order valence-corrected chi connectivity index (χ1v) is 7.75. The Morgan fingerprint density at radius 2 is 2.38 bits per heavy atom. The number of rotatable bonds is 3. The second-order valence-corrected chi connectivity index (χ2v) is 5.15. The smallest absolute Gasteiger partial charge is 0.306 e. The fourth-order valence-electron chi connectivity index (χ4n) is 0.569. The van der Waals surface area contributed by atoms with Crippen LogP contribution in [0.3, 0.4) is 0 Å². The van der Waals surface area contributed by atoms with E-state index in [-0.39, 0.29) is 18.2 Å². The topological polar surface area (TPSA) is 0 Å². The van der Waals surface area contributed by atoms with Crippen molar-refractivity contribution in [3.05, 3.63) is 12.2 Å². The predicted molar refractivity (Wildman–Crippen MR) is 43.5 cm³/mol. The number of halogens is 1. The third-order valence-corrected chi connectivity index (χ3v) is 4.93. The van der Waals surface area contributed by atoms with Crippen molar-refractivity contribution in [2.24, 2.45) is 0 Å². The van der Waals surface area contributed by atoms with Crippen molar-refractivity contribution in [3.63, 3.8) is 0 Å². The van der Waals surface area contributed by atoms with E-state index in [0.717, 1.165) is 4.05 Å². The molecule has 0 aromatic rings. The molecular formula is C6H11BrMg. The lowest BCUT2D eigenvalue weighted by Gasteiger charge is -2.00. The maximum Gasteiger partial charge on any atom is 0.475 e. The lowest BCUT2D eigenvalue weighted by atomic mass is 10.3. The minimum absolute atomic E-state index is 0.0427. The van der Waals surface area contributed by atoms with E-state index in [0.29, 0.717) is 0 Å².